The molecule has 6 heteroatoms. The van der Waals surface area contributed by atoms with Gasteiger partial charge in [0, 0.05) is 16.0 Å². The second-order valence-electron chi connectivity index (χ2n) is 9.71. The minimum atomic E-state index is -1.45. The second kappa shape index (κ2) is 9.62. The molecule has 1 heterocycles. The third kappa shape index (κ3) is 4.55. The Balaban J connectivity index is 1.51. The van der Waals surface area contributed by atoms with Gasteiger partial charge in [-0.1, -0.05) is 83.9 Å². The van der Waals surface area contributed by atoms with Gasteiger partial charge in [-0.3, -0.25) is 0 Å². The molecule has 1 aromatic heterocycles. The normalized spacial score (nSPS) is 14.7. The highest BCUT2D eigenvalue weighted by atomic mass is 35.5. The van der Waals surface area contributed by atoms with E-state index >= 15 is 0 Å². The van der Waals surface area contributed by atoms with Crippen molar-refractivity contribution in [3.8, 4) is 0 Å². The molecular formula is C31H26Cl2N2O2. The molecule has 186 valence electrons. The molecule has 1 aliphatic rings. The van der Waals surface area contributed by atoms with Crippen molar-refractivity contribution in [2.45, 2.75) is 37.0 Å². The molecule has 1 aliphatic carbocycles. The molecule has 0 aliphatic heterocycles. The maximum Gasteiger partial charge on any atom is 0.140 e. The Labute approximate surface area is 225 Å². The van der Waals surface area contributed by atoms with Crippen LogP contribution in [0.15, 0.2) is 97.1 Å². The standard InChI is InChI=1S/C31H26Cl2N2O2/c32-25-13-8-22(9-14-25)31(37,23-10-15-26(33)16-11-23)24-12-17-27-28(18-24)35(30(34-27)21-6-7-21)19-29(36)20-4-2-1-3-5-20/h1-5,8-18,21,29,36-37H,6-7,19H2. The minimum absolute atomic E-state index is 0.385. The van der Waals surface area contributed by atoms with Crippen molar-refractivity contribution >= 4 is 34.2 Å². The summed E-state index contributed by atoms with van der Waals surface area (Å²) >= 11 is 12.4. The first-order chi connectivity index (χ1) is 17.9. The van der Waals surface area contributed by atoms with Gasteiger partial charge in [0.2, 0.25) is 0 Å². The summed E-state index contributed by atoms with van der Waals surface area (Å²) in [5.41, 5.74) is 3.23. The minimum Gasteiger partial charge on any atom is -0.387 e. The van der Waals surface area contributed by atoms with Crippen LogP contribution in [0.5, 0.6) is 0 Å². The molecule has 0 saturated heterocycles. The first kappa shape index (κ1) is 24.2. The van der Waals surface area contributed by atoms with Crippen molar-refractivity contribution < 1.29 is 10.2 Å². The number of hydrogen-bond acceptors (Lipinski definition) is 3. The first-order valence-corrected chi connectivity index (χ1v) is 13.2. The molecule has 0 bridgehead atoms. The molecule has 1 atom stereocenters. The van der Waals surface area contributed by atoms with Crippen molar-refractivity contribution in [3.05, 3.63) is 135 Å². The summed E-state index contributed by atoms with van der Waals surface area (Å²) in [5, 5.41) is 24.7. The molecule has 1 saturated carbocycles. The summed E-state index contributed by atoms with van der Waals surface area (Å²) < 4.78 is 2.12. The molecule has 1 fully saturated rings. The summed E-state index contributed by atoms with van der Waals surface area (Å²) in [6, 6.07) is 30.0. The van der Waals surface area contributed by atoms with Gasteiger partial charge >= 0.3 is 0 Å². The van der Waals surface area contributed by atoms with Gasteiger partial charge in [-0.2, -0.15) is 0 Å². The quantitative estimate of drug-likeness (QED) is 0.219. The number of rotatable bonds is 7. The zero-order chi connectivity index (χ0) is 25.6. The molecule has 1 unspecified atom stereocenters. The van der Waals surface area contributed by atoms with Crippen LogP contribution in [0.2, 0.25) is 10.0 Å². The molecule has 4 nitrogen and oxygen atoms in total. The van der Waals surface area contributed by atoms with Crippen LogP contribution in [0.3, 0.4) is 0 Å². The summed E-state index contributed by atoms with van der Waals surface area (Å²) in [4.78, 5) is 4.95. The van der Waals surface area contributed by atoms with E-state index in [0.29, 0.717) is 39.2 Å². The Hall–Kier alpha value is -3.15. The fourth-order valence-electron chi connectivity index (χ4n) is 5.05. The molecule has 6 rings (SSSR count). The van der Waals surface area contributed by atoms with Crippen molar-refractivity contribution in [1.29, 1.82) is 0 Å². The van der Waals surface area contributed by atoms with Crippen molar-refractivity contribution in [2.75, 3.05) is 0 Å². The lowest BCUT2D eigenvalue weighted by Gasteiger charge is -2.30. The van der Waals surface area contributed by atoms with E-state index in [1.165, 1.54) is 0 Å². The Morgan fingerprint density at radius 2 is 1.38 bits per heavy atom. The number of aliphatic hydroxyl groups excluding tert-OH is 1. The van der Waals surface area contributed by atoms with Gasteiger partial charge in [-0.05, 0) is 71.5 Å². The van der Waals surface area contributed by atoms with Crippen LogP contribution in [-0.4, -0.2) is 19.8 Å². The maximum absolute atomic E-state index is 12.4. The van der Waals surface area contributed by atoms with Crippen molar-refractivity contribution in [2.24, 2.45) is 0 Å². The second-order valence-corrected chi connectivity index (χ2v) is 10.6. The van der Waals surface area contributed by atoms with Gasteiger partial charge in [-0.25, -0.2) is 4.98 Å². The number of nitrogens with zero attached hydrogens (tertiary/aromatic N) is 2. The van der Waals surface area contributed by atoms with Crippen LogP contribution in [0, 0.1) is 0 Å². The topological polar surface area (TPSA) is 58.3 Å². The third-order valence-electron chi connectivity index (χ3n) is 7.20. The molecule has 0 radical (unpaired) electrons. The smallest absolute Gasteiger partial charge is 0.140 e. The number of hydrogen-bond donors (Lipinski definition) is 2. The summed E-state index contributed by atoms with van der Waals surface area (Å²) in [6.45, 7) is 0.385. The van der Waals surface area contributed by atoms with Gasteiger partial charge in [-0.15, -0.1) is 0 Å². The number of fused-ring (bicyclic) bond motifs is 1. The van der Waals surface area contributed by atoms with Gasteiger partial charge in [0.25, 0.3) is 0 Å². The average Bonchev–Trinajstić information content (AvgIpc) is 3.71. The van der Waals surface area contributed by atoms with E-state index in [-0.39, 0.29) is 0 Å². The van der Waals surface area contributed by atoms with Crippen LogP contribution < -0.4 is 0 Å². The zero-order valence-electron chi connectivity index (χ0n) is 20.1. The molecule has 2 N–H and O–H groups in total. The molecule has 37 heavy (non-hydrogen) atoms. The van der Waals surface area contributed by atoms with E-state index in [1.54, 1.807) is 24.3 Å². The van der Waals surface area contributed by atoms with E-state index in [9.17, 15) is 10.2 Å². The molecule has 0 amide bonds. The van der Waals surface area contributed by atoms with E-state index < -0.39 is 11.7 Å². The van der Waals surface area contributed by atoms with E-state index in [4.69, 9.17) is 28.2 Å². The lowest BCUT2D eigenvalue weighted by atomic mass is 9.80. The van der Waals surface area contributed by atoms with Crippen LogP contribution in [-0.2, 0) is 12.1 Å². The highest BCUT2D eigenvalue weighted by molar-refractivity contribution is 6.30. The average molecular weight is 529 g/mol. The Morgan fingerprint density at radius 1 is 0.811 bits per heavy atom. The first-order valence-electron chi connectivity index (χ1n) is 12.4. The summed E-state index contributed by atoms with van der Waals surface area (Å²) in [5.74, 6) is 1.38. The predicted molar refractivity (Wildman–Crippen MR) is 148 cm³/mol. The van der Waals surface area contributed by atoms with Gasteiger partial charge in [0.15, 0.2) is 0 Å². The SMILES string of the molecule is OC(Cn1c(C2CC2)nc2ccc(C(O)(c3ccc(Cl)cc3)c3ccc(Cl)cc3)cc21)c1ccccc1. The van der Waals surface area contributed by atoms with Crippen molar-refractivity contribution in [3.63, 3.8) is 0 Å². The number of halogens is 2. The third-order valence-corrected chi connectivity index (χ3v) is 7.71. The largest absolute Gasteiger partial charge is 0.387 e. The monoisotopic (exact) mass is 528 g/mol. The Bertz CT molecular complexity index is 1500. The van der Waals surface area contributed by atoms with Gasteiger partial charge in [0.1, 0.15) is 11.4 Å². The fourth-order valence-corrected chi connectivity index (χ4v) is 5.30. The maximum atomic E-state index is 12.4. The Morgan fingerprint density at radius 3 is 1.95 bits per heavy atom. The highest BCUT2D eigenvalue weighted by Crippen LogP contribution is 2.43. The molecule has 0 spiro atoms. The van der Waals surface area contributed by atoms with Crippen molar-refractivity contribution in [1.82, 2.24) is 9.55 Å². The number of imidazole rings is 1. The summed E-state index contributed by atoms with van der Waals surface area (Å²) in [7, 11) is 0. The molecule has 5 aromatic rings. The predicted octanol–water partition coefficient (Wildman–Crippen LogP) is 7.24. The lowest BCUT2D eigenvalue weighted by Crippen LogP contribution is -2.29. The van der Waals surface area contributed by atoms with Gasteiger partial charge in [0.05, 0.1) is 23.7 Å². The van der Waals surface area contributed by atoms with Crippen LogP contribution in [0.25, 0.3) is 11.0 Å². The molecular weight excluding hydrogens is 503 g/mol. The van der Waals surface area contributed by atoms with Gasteiger partial charge < -0.3 is 14.8 Å². The fraction of sp³-hybridized carbons (Fsp3) is 0.194. The number of benzene rings is 4. The van der Waals surface area contributed by atoms with E-state index in [1.807, 2.05) is 72.8 Å². The molecule has 4 aromatic carbocycles. The van der Waals surface area contributed by atoms with Crippen LogP contribution >= 0.6 is 23.2 Å². The highest BCUT2D eigenvalue weighted by Gasteiger charge is 2.36. The number of aromatic nitrogens is 2. The zero-order valence-corrected chi connectivity index (χ0v) is 21.6. The van der Waals surface area contributed by atoms with E-state index in [2.05, 4.69) is 4.57 Å². The number of aliphatic hydroxyl groups is 2. The van der Waals surface area contributed by atoms with E-state index in [0.717, 1.165) is 35.3 Å². The Kier molecular flexibility index (Phi) is 6.29. The van der Waals surface area contributed by atoms with Crippen LogP contribution in [0.4, 0.5) is 0 Å². The van der Waals surface area contributed by atoms with Crippen LogP contribution in [0.1, 0.15) is 52.9 Å². The summed E-state index contributed by atoms with van der Waals surface area (Å²) in [6.07, 6.45) is 1.51. The lowest BCUT2D eigenvalue weighted by molar-refractivity contribution is 0.126.